The summed E-state index contributed by atoms with van der Waals surface area (Å²) in [5.74, 6) is 0.707. The van der Waals surface area contributed by atoms with E-state index in [1.54, 1.807) is 43.3 Å². The number of hydrogen-bond donors (Lipinski definition) is 6. The monoisotopic (exact) mass is 552 g/mol. The first-order valence-electron chi connectivity index (χ1n) is 12.6. The van der Waals surface area contributed by atoms with Gasteiger partial charge in [0.25, 0.3) is 0 Å². The average molecular weight is 553 g/mol. The third kappa shape index (κ3) is 6.23. The normalized spacial score (nSPS) is 32.9. The Kier molecular flexibility index (Phi) is 9.51. The van der Waals surface area contributed by atoms with Crippen LogP contribution in [0, 0.1) is 5.92 Å². The molecule has 2 aromatic carbocycles. The van der Waals surface area contributed by atoms with Gasteiger partial charge < -0.3 is 59.1 Å². The molecule has 0 spiro atoms. The Morgan fingerprint density at radius 1 is 0.718 bits per heavy atom. The van der Waals surface area contributed by atoms with Gasteiger partial charge in [-0.1, -0.05) is 19.1 Å². The largest absolute Gasteiger partial charge is 0.493 e. The minimum Gasteiger partial charge on any atom is -0.493 e. The molecule has 216 valence electrons. The van der Waals surface area contributed by atoms with Gasteiger partial charge in [-0.15, -0.1) is 0 Å². The maximum atomic E-state index is 10.4. The lowest BCUT2D eigenvalue weighted by Gasteiger charge is -2.40. The van der Waals surface area contributed by atoms with Gasteiger partial charge in [0.05, 0.1) is 51.8 Å². The van der Waals surface area contributed by atoms with Crippen molar-refractivity contribution in [3.8, 4) is 34.1 Å². The van der Waals surface area contributed by atoms with Crippen molar-refractivity contribution in [2.75, 3.05) is 27.4 Å². The number of aliphatic hydroxyl groups is 6. The van der Waals surface area contributed by atoms with E-state index in [0.29, 0.717) is 11.5 Å². The first-order chi connectivity index (χ1) is 18.7. The Bertz CT molecular complexity index is 1090. The lowest BCUT2D eigenvalue weighted by atomic mass is 9.91. The SMILES string of the molecule is COc1cc(-c2ccc(OC3O[C@H](CO)C[C@H](O)[C@@H]3O)c(OC)c2)ccc1OC1O[C@H](CO)C(C)C(O)[C@@H]1O. The number of ether oxygens (including phenoxy) is 6. The number of hydrogen-bond acceptors (Lipinski definition) is 12. The van der Waals surface area contributed by atoms with Crippen molar-refractivity contribution >= 4 is 0 Å². The summed E-state index contributed by atoms with van der Waals surface area (Å²) in [7, 11) is 2.91. The van der Waals surface area contributed by atoms with Gasteiger partial charge in [-0.05, 0) is 35.4 Å². The van der Waals surface area contributed by atoms with Crippen molar-refractivity contribution in [2.24, 2.45) is 5.92 Å². The van der Waals surface area contributed by atoms with Crippen LogP contribution in [0.1, 0.15) is 13.3 Å². The molecule has 2 fully saturated rings. The fourth-order valence-electron chi connectivity index (χ4n) is 4.65. The van der Waals surface area contributed by atoms with Gasteiger partial charge in [0.2, 0.25) is 12.6 Å². The molecule has 2 aliphatic heterocycles. The Hall–Kier alpha value is -2.68. The number of benzene rings is 2. The van der Waals surface area contributed by atoms with Crippen molar-refractivity contribution < 1.29 is 59.1 Å². The average Bonchev–Trinajstić information content (AvgIpc) is 2.95. The molecule has 6 N–H and O–H groups in total. The molecular formula is C27H36O12. The molecule has 0 aliphatic carbocycles. The third-order valence-electron chi connectivity index (χ3n) is 7.10. The molecular weight excluding hydrogens is 516 g/mol. The van der Waals surface area contributed by atoms with Crippen molar-refractivity contribution in [2.45, 2.75) is 62.5 Å². The second-order valence-electron chi connectivity index (χ2n) is 9.64. The third-order valence-corrected chi connectivity index (χ3v) is 7.10. The molecule has 2 heterocycles. The van der Waals surface area contributed by atoms with Gasteiger partial charge in [-0.25, -0.2) is 0 Å². The topological polar surface area (TPSA) is 177 Å². The predicted molar refractivity (Wildman–Crippen MR) is 136 cm³/mol. The van der Waals surface area contributed by atoms with Gasteiger partial charge in [0.1, 0.15) is 12.2 Å². The first kappa shape index (κ1) is 29.3. The van der Waals surface area contributed by atoms with E-state index in [0.717, 1.165) is 11.1 Å². The quantitative estimate of drug-likeness (QED) is 0.246. The van der Waals surface area contributed by atoms with Crippen LogP contribution in [0.3, 0.4) is 0 Å². The van der Waals surface area contributed by atoms with E-state index < -0.39 is 55.1 Å². The molecule has 2 aromatic rings. The van der Waals surface area contributed by atoms with Gasteiger partial charge in [0.15, 0.2) is 23.0 Å². The highest BCUT2D eigenvalue weighted by Crippen LogP contribution is 2.39. The molecule has 4 unspecified atom stereocenters. The fourth-order valence-corrected chi connectivity index (χ4v) is 4.65. The summed E-state index contributed by atoms with van der Waals surface area (Å²) in [4.78, 5) is 0. The Morgan fingerprint density at radius 3 is 1.74 bits per heavy atom. The fraction of sp³-hybridized carbons (Fsp3) is 0.556. The van der Waals surface area contributed by atoms with E-state index in [4.69, 9.17) is 28.4 Å². The molecule has 39 heavy (non-hydrogen) atoms. The molecule has 0 saturated carbocycles. The number of rotatable bonds is 9. The Morgan fingerprint density at radius 2 is 1.26 bits per heavy atom. The van der Waals surface area contributed by atoms with Crippen LogP contribution >= 0.6 is 0 Å². The molecule has 0 amide bonds. The number of aliphatic hydroxyl groups excluding tert-OH is 6. The summed E-state index contributed by atoms with van der Waals surface area (Å²) >= 11 is 0. The van der Waals surface area contributed by atoms with Gasteiger partial charge >= 0.3 is 0 Å². The van der Waals surface area contributed by atoms with Crippen molar-refractivity contribution in [1.82, 2.24) is 0 Å². The van der Waals surface area contributed by atoms with E-state index in [1.807, 2.05) is 0 Å². The summed E-state index contributed by atoms with van der Waals surface area (Å²) in [5, 5.41) is 60.1. The molecule has 12 heteroatoms. The van der Waals surface area contributed by atoms with Crippen molar-refractivity contribution in [3.63, 3.8) is 0 Å². The zero-order valence-electron chi connectivity index (χ0n) is 21.9. The summed E-state index contributed by atoms with van der Waals surface area (Å²) in [6.07, 6.45) is -8.60. The molecule has 9 atom stereocenters. The Balaban J connectivity index is 1.53. The second-order valence-corrected chi connectivity index (χ2v) is 9.64. The summed E-state index contributed by atoms with van der Waals surface area (Å²) in [6.45, 7) is 1.01. The summed E-state index contributed by atoms with van der Waals surface area (Å²) in [6, 6.07) is 10.2. The zero-order chi connectivity index (χ0) is 28.3. The minimum absolute atomic E-state index is 0.0860. The number of methoxy groups -OCH3 is 2. The smallest absolute Gasteiger partial charge is 0.229 e. The van der Waals surface area contributed by atoms with Gasteiger partial charge in [0, 0.05) is 12.3 Å². The van der Waals surface area contributed by atoms with Crippen molar-refractivity contribution in [3.05, 3.63) is 36.4 Å². The first-order valence-corrected chi connectivity index (χ1v) is 12.6. The highest BCUT2D eigenvalue weighted by molar-refractivity contribution is 5.70. The molecule has 0 bridgehead atoms. The lowest BCUT2D eigenvalue weighted by Crippen LogP contribution is -2.56. The Labute approximate surface area is 225 Å². The van der Waals surface area contributed by atoms with Crippen LogP contribution in [0.4, 0.5) is 0 Å². The summed E-state index contributed by atoms with van der Waals surface area (Å²) in [5.41, 5.74) is 1.45. The predicted octanol–water partition coefficient (Wildman–Crippen LogP) is 0.0326. The van der Waals surface area contributed by atoms with Crippen LogP contribution < -0.4 is 18.9 Å². The standard InChI is InChI=1S/C27H36O12/c1-13-22(12-29)39-27(25(33)23(13)31)38-19-7-5-15(9-21(19)35-3)14-4-6-18(20(8-14)34-2)37-26-24(32)17(30)10-16(11-28)36-26/h4-9,13,16-17,22-33H,10-12H2,1-3H3/t13?,16-,17-,22+,23?,24-,25-,26?,27?/m0/s1. The molecule has 12 nitrogen and oxygen atoms in total. The summed E-state index contributed by atoms with van der Waals surface area (Å²) < 4.78 is 33.8. The van der Waals surface area contributed by atoms with Gasteiger partial charge in [-0.2, -0.15) is 0 Å². The highest BCUT2D eigenvalue weighted by atomic mass is 16.7. The van der Waals surface area contributed by atoms with Crippen LogP contribution in [0.5, 0.6) is 23.0 Å². The minimum atomic E-state index is -1.33. The molecule has 0 aromatic heterocycles. The van der Waals surface area contributed by atoms with Crippen LogP contribution in [-0.2, 0) is 9.47 Å². The zero-order valence-corrected chi connectivity index (χ0v) is 21.9. The van der Waals surface area contributed by atoms with Crippen molar-refractivity contribution in [1.29, 1.82) is 0 Å². The van der Waals surface area contributed by atoms with Crippen LogP contribution in [0.15, 0.2) is 36.4 Å². The van der Waals surface area contributed by atoms with E-state index >= 15 is 0 Å². The lowest BCUT2D eigenvalue weighted by molar-refractivity contribution is -0.261. The molecule has 4 rings (SSSR count). The van der Waals surface area contributed by atoms with E-state index in [-0.39, 0.29) is 31.1 Å². The highest BCUT2D eigenvalue weighted by Gasteiger charge is 2.43. The van der Waals surface area contributed by atoms with E-state index in [2.05, 4.69) is 0 Å². The van der Waals surface area contributed by atoms with E-state index in [9.17, 15) is 30.6 Å². The van der Waals surface area contributed by atoms with Crippen LogP contribution in [0.25, 0.3) is 11.1 Å². The second kappa shape index (κ2) is 12.7. The van der Waals surface area contributed by atoms with Gasteiger partial charge in [-0.3, -0.25) is 0 Å². The van der Waals surface area contributed by atoms with Crippen LogP contribution in [0.2, 0.25) is 0 Å². The van der Waals surface area contributed by atoms with E-state index in [1.165, 1.54) is 14.2 Å². The molecule has 2 aliphatic rings. The molecule has 0 radical (unpaired) electrons. The molecule has 2 saturated heterocycles. The van der Waals surface area contributed by atoms with Crippen LogP contribution in [-0.4, -0.2) is 107 Å². The maximum absolute atomic E-state index is 10.4. The maximum Gasteiger partial charge on any atom is 0.229 e.